The highest BCUT2D eigenvalue weighted by Crippen LogP contribution is 2.23. The highest BCUT2D eigenvalue weighted by molar-refractivity contribution is 5.92. The molecule has 0 aliphatic carbocycles. The first-order valence-corrected chi connectivity index (χ1v) is 6.83. The lowest BCUT2D eigenvalue weighted by Crippen LogP contribution is -2.15. The van der Waals surface area contributed by atoms with E-state index in [1.165, 1.54) is 0 Å². The number of nitrogens with one attached hydrogen (secondary N) is 1. The van der Waals surface area contributed by atoms with Crippen LogP contribution >= 0.6 is 0 Å². The number of aryl methyl sites for hydroxylation is 2. The monoisotopic (exact) mass is 285 g/mol. The molecule has 0 heterocycles. The summed E-state index contributed by atoms with van der Waals surface area (Å²) in [5.41, 5.74) is 2.56. The summed E-state index contributed by atoms with van der Waals surface area (Å²) in [6, 6.07) is 12.7. The van der Waals surface area contributed by atoms with E-state index in [9.17, 15) is 9.90 Å². The van der Waals surface area contributed by atoms with Crippen molar-refractivity contribution in [3.8, 4) is 11.5 Å². The Morgan fingerprint density at radius 1 is 1.10 bits per heavy atom. The first-order valence-electron chi connectivity index (χ1n) is 6.83. The summed E-state index contributed by atoms with van der Waals surface area (Å²) in [7, 11) is 0. The van der Waals surface area contributed by atoms with E-state index in [0.29, 0.717) is 12.3 Å². The fourth-order valence-corrected chi connectivity index (χ4v) is 1.86. The van der Waals surface area contributed by atoms with Crippen LogP contribution in [0.5, 0.6) is 11.5 Å². The molecule has 0 aromatic heterocycles. The zero-order chi connectivity index (χ0) is 15.2. The normalized spacial score (nSPS) is 10.2. The van der Waals surface area contributed by atoms with Gasteiger partial charge in [0.25, 0.3) is 0 Å². The van der Waals surface area contributed by atoms with Crippen molar-refractivity contribution in [3.63, 3.8) is 0 Å². The quantitative estimate of drug-likeness (QED) is 0.828. The molecule has 0 aliphatic heterocycles. The molecule has 2 N–H and O–H groups in total. The minimum atomic E-state index is -0.192. The van der Waals surface area contributed by atoms with Crippen molar-refractivity contribution in [2.75, 3.05) is 11.9 Å². The van der Waals surface area contributed by atoms with E-state index in [1.807, 2.05) is 38.1 Å². The van der Waals surface area contributed by atoms with Crippen LogP contribution in [0.4, 0.5) is 5.69 Å². The third-order valence-corrected chi connectivity index (χ3v) is 3.04. The molecule has 4 nitrogen and oxygen atoms in total. The molecule has 2 aromatic carbocycles. The first kappa shape index (κ1) is 14.9. The van der Waals surface area contributed by atoms with Gasteiger partial charge >= 0.3 is 0 Å². The Morgan fingerprint density at radius 2 is 1.76 bits per heavy atom. The van der Waals surface area contributed by atoms with E-state index < -0.39 is 0 Å². The number of carbonyl (C=O) groups is 1. The van der Waals surface area contributed by atoms with Gasteiger partial charge in [-0.25, -0.2) is 0 Å². The van der Waals surface area contributed by atoms with E-state index in [-0.39, 0.29) is 18.1 Å². The largest absolute Gasteiger partial charge is 0.506 e. The number of amides is 1. The second kappa shape index (κ2) is 6.79. The maximum atomic E-state index is 11.8. The Labute approximate surface area is 124 Å². The molecule has 2 rings (SSSR count). The molecule has 0 spiro atoms. The lowest BCUT2D eigenvalue weighted by Gasteiger charge is -2.09. The molecule has 0 radical (unpaired) electrons. The van der Waals surface area contributed by atoms with Gasteiger partial charge in [-0.3, -0.25) is 4.79 Å². The van der Waals surface area contributed by atoms with Gasteiger partial charge in [-0.1, -0.05) is 23.8 Å². The number of anilines is 1. The molecule has 21 heavy (non-hydrogen) atoms. The number of aromatic hydroxyl groups is 1. The Hall–Kier alpha value is -2.49. The first-order chi connectivity index (χ1) is 10.0. The van der Waals surface area contributed by atoms with E-state index in [2.05, 4.69) is 5.32 Å². The van der Waals surface area contributed by atoms with Crippen LogP contribution in [0.1, 0.15) is 17.5 Å². The second-order valence-corrected chi connectivity index (χ2v) is 4.98. The molecule has 0 fully saturated rings. The number of phenolic OH excluding ortho intramolecular Hbond substituents is 1. The van der Waals surface area contributed by atoms with Crippen molar-refractivity contribution < 1.29 is 14.6 Å². The summed E-state index contributed by atoms with van der Waals surface area (Å²) < 4.78 is 5.50. The minimum Gasteiger partial charge on any atom is -0.506 e. The molecule has 0 saturated carbocycles. The van der Waals surface area contributed by atoms with Crippen LogP contribution in [-0.2, 0) is 4.79 Å². The van der Waals surface area contributed by atoms with E-state index >= 15 is 0 Å². The summed E-state index contributed by atoms with van der Waals surface area (Å²) in [5.74, 6) is 0.614. The molecule has 110 valence electrons. The van der Waals surface area contributed by atoms with Crippen molar-refractivity contribution in [2.45, 2.75) is 20.3 Å². The van der Waals surface area contributed by atoms with Crippen LogP contribution in [0.25, 0.3) is 0 Å². The maximum Gasteiger partial charge on any atom is 0.227 e. The topological polar surface area (TPSA) is 58.6 Å². The van der Waals surface area contributed by atoms with Gasteiger partial charge in [0.15, 0.2) is 0 Å². The predicted octanol–water partition coefficient (Wildman–Crippen LogP) is 3.42. The van der Waals surface area contributed by atoms with Crippen molar-refractivity contribution >= 4 is 11.6 Å². The molecule has 0 unspecified atom stereocenters. The van der Waals surface area contributed by atoms with Crippen LogP contribution in [0, 0.1) is 13.8 Å². The van der Waals surface area contributed by atoms with Gasteiger partial charge in [0.2, 0.25) is 5.91 Å². The number of rotatable bonds is 5. The lowest BCUT2D eigenvalue weighted by atomic mass is 10.2. The average molecular weight is 285 g/mol. The number of carbonyl (C=O) groups excluding carboxylic acids is 1. The smallest absolute Gasteiger partial charge is 0.227 e. The second-order valence-electron chi connectivity index (χ2n) is 4.98. The zero-order valence-electron chi connectivity index (χ0n) is 12.2. The average Bonchev–Trinajstić information content (AvgIpc) is 2.45. The van der Waals surface area contributed by atoms with E-state index in [0.717, 1.165) is 16.9 Å². The summed E-state index contributed by atoms with van der Waals surface area (Å²) >= 11 is 0. The molecule has 4 heteroatoms. The Morgan fingerprint density at radius 3 is 2.48 bits per heavy atom. The van der Waals surface area contributed by atoms with Gasteiger partial charge in [-0.15, -0.1) is 0 Å². The molecular formula is C17H19NO3. The van der Waals surface area contributed by atoms with Crippen molar-refractivity contribution in [2.24, 2.45) is 0 Å². The molecule has 2 aromatic rings. The van der Waals surface area contributed by atoms with Gasteiger partial charge in [0.1, 0.15) is 11.5 Å². The number of hydrogen-bond acceptors (Lipinski definition) is 3. The molecular weight excluding hydrogens is 266 g/mol. The van der Waals surface area contributed by atoms with Crippen molar-refractivity contribution in [1.82, 2.24) is 0 Å². The molecule has 0 atom stereocenters. The Kier molecular flexibility index (Phi) is 4.82. The molecule has 1 amide bonds. The van der Waals surface area contributed by atoms with Crippen molar-refractivity contribution in [3.05, 3.63) is 53.6 Å². The lowest BCUT2D eigenvalue weighted by molar-refractivity contribution is -0.116. The SMILES string of the molecule is Cc1ccc(OCCC(=O)Nc2cc(C)ccc2O)cc1. The van der Waals surface area contributed by atoms with Gasteiger partial charge < -0.3 is 15.2 Å². The summed E-state index contributed by atoms with van der Waals surface area (Å²) in [6.07, 6.45) is 0.223. The van der Waals surface area contributed by atoms with Crippen LogP contribution in [0.2, 0.25) is 0 Å². The van der Waals surface area contributed by atoms with Gasteiger partial charge in [0.05, 0.1) is 18.7 Å². The Bertz CT molecular complexity index is 620. The standard InChI is InChI=1S/C17H19NO3/c1-12-3-6-14(7-4-12)21-10-9-17(20)18-15-11-13(2)5-8-16(15)19/h3-8,11,19H,9-10H2,1-2H3,(H,18,20). The van der Waals surface area contributed by atoms with Crippen molar-refractivity contribution in [1.29, 1.82) is 0 Å². The van der Waals surface area contributed by atoms with Crippen LogP contribution in [0.15, 0.2) is 42.5 Å². The summed E-state index contributed by atoms with van der Waals surface area (Å²) in [6.45, 7) is 4.20. The third-order valence-electron chi connectivity index (χ3n) is 3.04. The van der Waals surface area contributed by atoms with Gasteiger partial charge in [-0.2, -0.15) is 0 Å². The highest BCUT2D eigenvalue weighted by Gasteiger charge is 2.07. The maximum absolute atomic E-state index is 11.8. The number of hydrogen-bond donors (Lipinski definition) is 2. The predicted molar refractivity (Wildman–Crippen MR) is 82.8 cm³/mol. The number of benzene rings is 2. The number of phenols is 1. The highest BCUT2D eigenvalue weighted by atomic mass is 16.5. The zero-order valence-corrected chi connectivity index (χ0v) is 12.2. The molecule has 0 bridgehead atoms. The summed E-state index contributed by atoms with van der Waals surface area (Å²) in [4.78, 5) is 11.8. The van der Waals surface area contributed by atoms with Gasteiger partial charge in [-0.05, 0) is 43.7 Å². The fraction of sp³-hybridized carbons (Fsp3) is 0.235. The Balaban J connectivity index is 1.82. The molecule has 0 saturated heterocycles. The van der Waals surface area contributed by atoms with Gasteiger partial charge in [0, 0.05) is 0 Å². The third kappa shape index (κ3) is 4.53. The molecule has 0 aliphatic rings. The van der Waals surface area contributed by atoms with Crippen LogP contribution in [-0.4, -0.2) is 17.6 Å². The fourth-order valence-electron chi connectivity index (χ4n) is 1.86. The van der Waals surface area contributed by atoms with Crippen LogP contribution in [0.3, 0.4) is 0 Å². The van der Waals surface area contributed by atoms with Crippen LogP contribution < -0.4 is 10.1 Å². The minimum absolute atomic E-state index is 0.0633. The number of ether oxygens (including phenoxy) is 1. The van der Waals surface area contributed by atoms with E-state index in [1.54, 1.807) is 18.2 Å². The summed E-state index contributed by atoms with van der Waals surface area (Å²) in [5, 5.41) is 12.3. The van der Waals surface area contributed by atoms with E-state index in [4.69, 9.17) is 4.74 Å².